The van der Waals surface area contributed by atoms with Gasteiger partial charge in [-0.25, -0.2) is 13.6 Å². The van der Waals surface area contributed by atoms with Crippen LogP contribution < -0.4 is 5.32 Å². The Balaban J connectivity index is 1.93. The van der Waals surface area contributed by atoms with Gasteiger partial charge in [0.15, 0.2) is 5.78 Å². The Morgan fingerprint density at radius 3 is 2.36 bits per heavy atom. The third-order valence-electron chi connectivity index (χ3n) is 4.27. The zero-order valence-corrected chi connectivity index (χ0v) is 13.5. The van der Waals surface area contributed by atoms with Crippen molar-refractivity contribution in [1.82, 2.24) is 14.8 Å². The number of ketones is 1. The van der Waals surface area contributed by atoms with Gasteiger partial charge in [-0.1, -0.05) is 6.07 Å². The lowest BCUT2D eigenvalue weighted by Crippen LogP contribution is -2.43. The molecule has 25 heavy (non-hydrogen) atoms. The second-order valence-corrected chi connectivity index (χ2v) is 5.97. The largest absolute Gasteiger partial charge is 0.348 e. The van der Waals surface area contributed by atoms with Crippen LogP contribution in [0, 0.1) is 11.6 Å². The fraction of sp³-hybridized carbons (Fsp3) is 0.235. The van der Waals surface area contributed by atoms with Crippen molar-refractivity contribution >= 4 is 17.7 Å². The van der Waals surface area contributed by atoms with Crippen LogP contribution in [0.5, 0.6) is 0 Å². The van der Waals surface area contributed by atoms with E-state index in [0.29, 0.717) is 10.6 Å². The molecule has 2 heterocycles. The summed E-state index contributed by atoms with van der Waals surface area (Å²) < 4.78 is 29.7. The van der Waals surface area contributed by atoms with Crippen LogP contribution in [-0.2, 0) is 17.4 Å². The number of aromatic nitrogens is 1. The third kappa shape index (κ3) is 2.59. The Labute approximate surface area is 142 Å². The van der Waals surface area contributed by atoms with Gasteiger partial charge in [-0.2, -0.15) is 0 Å². The molecule has 2 aromatic rings. The first-order valence-electron chi connectivity index (χ1n) is 7.49. The van der Waals surface area contributed by atoms with Crippen molar-refractivity contribution < 1.29 is 23.2 Å². The molecule has 1 fully saturated rings. The summed E-state index contributed by atoms with van der Waals surface area (Å²) in [4.78, 5) is 37.8. The molecule has 1 aliphatic heterocycles. The van der Waals surface area contributed by atoms with Crippen molar-refractivity contribution in [3.05, 3.63) is 59.4 Å². The maximum atomic E-state index is 14.1. The Hall–Kier alpha value is -3.03. The van der Waals surface area contributed by atoms with Gasteiger partial charge in [-0.3, -0.25) is 14.5 Å². The number of rotatable bonds is 4. The van der Waals surface area contributed by atoms with Crippen LogP contribution in [0.15, 0.2) is 36.5 Å². The molecule has 0 saturated carbocycles. The minimum Gasteiger partial charge on any atom is -0.348 e. The molecule has 0 bridgehead atoms. The Kier molecular flexibility index (Phi) is 3.90. The number of Topliss-reactive ketones (excluding diaryl/α,β-unsaturated/α-hetero) is 1. The van der Waals surface area contributed by atoms with Gasteiger partial charge < -0.3 is 9.88 Å². The lowest BCUT2D eigenvalue weighted by atomic mass is 9.91. The van der Waals surface area contributed by atoms with Crippen molar-refractivity contribution in [3.8, 4) is 0 Å². The minimum atomic E-state index is -1.92. The van der Waals surface area contributed by atoms with Gasteiger partial charge in [0, 0.05) is 13.2 Å². The van der Waals surface area contributed by atoms with Crippen molar-refractivity contribution in [1.29, 1.82) is 0 Å². The van der Waals surface area contributed by atoms with E-state index >= 15 is 0 Å². The zero-order valence-electron chi connectivity index (χ0n) is 13.5. The summed E-state index contributed by atoms with van der Waals surface area (Å²) >= 11 is 0. The van der Waals surface area contributed by atoms with Crippen molar-refractivity contribution in [2.24, 2.45) is 7.05 Å². The molecule has 1 saturated heterocycles. The molecule has 8 heteroatoms. The molecule has 6 nitrogen and oxygen atoms in total. The maximum absolute atomic E-state index is 14.1. The molecule has 1 aliphatic rings. The van der Waals surface area contributed by atoms with Gasteiger partial charge in [0.05, 0.1) is 17.8 Å². The van der Waals surface area contributed by atoms with Crippen LogP contribution in [0.1, 0.15) is 23.0 Å². The number of hydrogen-bond donors (Lipinski definition) is 1. The van der Waals surface area contributed by atoms with Gasteiger partial charge >= 0.3 is 6.03 Å². The molecule has 0 aliphatic carbocycles. The lowest BCUT2D eigenvalue weighted by molar-refractivity contribution is -0.130. The number of nitrogens with one attached hydrogen (secondary N) is 1. The quantitative estimate of drug-likeness (QED) is 0.679. The number of imide groups is 1. The van der Waals surface area contributed by atoms with Gasteiger partial charge in [0.25, 0.3) is 5.91 Å². The normalized spacial score (nSPS) is 20.1. The minimum absolute atomic E-state index is 0.311. The number of hydrogen-bond acceptors (Lipinski definition) is 3. The van der Waals surface area contributed by atoms with E-state index in [2.05, 4.69) is 5.32 Å². The highest BCUT2D eigenvalue weighted by atomic mass is 19.1. The highest BCUT2D eigenvalue weighted by molar-refractivity contribution is 6.11. The molecule has 3 rings (SSSR count). The molecule has 0 spiro atoms. The van der Waals surface area contributed by atoms with Crippen LogP contribution in [0.4, 0.5) is 13.6 Å². The molecule has 1 N–H and O–H groups in total. The predicted molar refractivity (Wildman–Crippen MR) is 83.7 cm³/mol. The van der Waals surface area contributed by atoms with E-state index < -0.39 is 47.0 Å². The molecule has 1 atom stereocenters. The van der Waals surface area contributed by atoms with Crippen LogP contribution in [-0.4, -0.2) is 33.7 Å². The standard InChI is InChI=1S/C17H15F2N3O3/c1-17(14-10(18)5-3-6-11(14)19)15(24)22(16(25)20-17)9-13(23)12-7-4-8-21(12)2/h3-8H,9H2,1-2H3,(H,20,25). The summed E-state index contributed by atoms with van der Waals surface area (Å²) in [7, 11) is 1.65. The summed E-state index contributed by atoms with van der Waals surface area (Å²) in [5, 5.41) is 2.29. The van der Waals surface area contributed by atoms with E-state index in [9.17, 15) is 23.2 Å². The van der Waals surface area contributed by atoms with Crippen LogP contribution in [0.2, 0.25) is 0 Å². The number of benzene rings is 1. The van der Waals surface area contributed by atoms with Crippen molar-refractivity contribution in [2.75, 3.05) is 6.54 Å². The first-order valence-corrected chi connectivity index (χ1v) is 7.49. The van der Waals surface area contributed by atoms with Crippen molar-refractivity contribution in [2.45, 2.75) is 12.5 Å². The van der Waals surface area contributed by atoms with Gasteiger partial charge in [-0.15, -0.1) is 0 Å². The summed E-state index contributed by atoms with van der Waals surface area (Å²) in [6.07, 6.45) is 1.65. The third-order valence-corrected chi connectivity index (χ3v) is 4.27. The average molecular weight is 347 g/mol. The molecular formula is C17H15F2N3O3. The molecule has 1 aromatic heterocycles. The van der Waals surface area contributed by atoms with E-state index in [1.54, 1.807) is 29.9 Å². The number of nitrogens with zero attached hydrogens (tertiary/aromatic N) is 2. The van der Waals surface area contributed by atoms with Gasteiger partial charge in [0.2, 0.25) is 0 Å². The van der Waals surface area contributed by atoms with Crippen molar-refractivity contribution in [3.63, 3.8) is 0 Å². The number of urea groups is 1. The van der Waals surface area contributed by atoms with Crippen LogP contribution in [0.3, 0.4) is 0 Å². The van der Waals surface area contributed by atoms with E-state index in [-0.39, 0.29) is 0 Å². The van der Waals surface area contributed by atoms with Crippen LogP contribution in [0.25, 0.3) is 0 Å². The maximum Gasteiger partial charge on any atom is 0.325 e. The summed E-state index contributed by atoms with van der Waals surface area (Å²) in [6, 6.07) is 5.49. The smallest absolute Gasteiger partial charge is 0.325 e. The summed E-state index contributed by atoms with van der Waals surface area (Å²) in [5.74, 6) is -3.25. The average Bonchev–Trinajstić information content (AvgIpc) is 3.05. The predicted octanol–water partition coefficient (Wildman–Crippen LogP) is 1.95. The summed E-state index contributed by atoms with van der Waals surface area (Å²) in [6.45, 7) is 0.690. The van der Waals surface area contributed by atoms with E-state index in [4.69, 9.17) is 0 Å². The van der Waals surface area contributed by atoms with E-state index in [0.717, 1.165) is 18.2 Å². The lowest BCUT2D eigenvalue weighted by Gasteiger charge is -2.23. The number of aryl methyl sites for hydroxylation is 1. The zero-order chi connectivity index (χ0) is 18.4. The van der Waals surface area contributed by atoms with E-state index in [1.165, 1.54) is 6.92 Å². The Morgan fingerprint density at radius 1 is 1.16 bits per heavy atom. The van der Waals surface area contributed by atoms with Gasteiger partial charge in [0.1, 0.15) is 17.2 Å². The Morgan fingerprint density at radius 2 is 1.80 bits per heavy atom. The first kappa shape index (κ1) is 16.8. The van der Waals surface area contributed by atoms with Gasteiger partial charge in [-0.05, 0) is 31.2 Å². The SMILES string of the molecule is Cn1cccc1C(=O)CN1C(=O)NC(C)(c2c(F)cccc2F)C1=O. The van der Waals surface area contributed by atoms with Crippen LogP contribution >= 0.6 is 0 Å². The highest BCUT2D eigenvalue weighted by Gasteiger charge is 2.52. The summed E-state index contributed by atoms with van der Waals surface area (Å²) in [5.41, 5.74) is -2.16. The number of carbonyl (C=O) groups is 3. The molecule has 130 valence electrons. The molecule has 3 amide bonds. The molecule has 1 unspecified atom stereocenters. The molecule has 1 aromatic carbocycles. The monoisotopic (exact) mass is 347 g/mol. The second kappa shape index (κ2) is 5.80. The molecular weight excluding hydrogens is 332 g/mol. The number of halogens is 2. The Bertz CT molecular complexity index is 873. The van der Waals surface area contributed by atoms with E-state index in [1.807, 2.05) is 0 Å². The number of amides is 3. The fourth-order valence-corrected chi connectivity index (χ4v) is 2.96. The topological polar surface area (TPSA) is 71.4 Å². The highest BCUT2D eigenvalue weighted by Crippen LogP contribution is 2.32. The first-order chi connectivity index (χ1) is 11.8. The number of carbonyl (C=O) groups excluding carboxylic acids is 3. The molecule has 0 radical (unpaired) electrons. The fourth-order valence-electron chi connectivity index (χ4n) is 2.96. The second-order valence-electron chi connectivity index (χ2n) is 5.97.